The van der Waals surface area contributed by atoms with Crippen LogP contribution in [0, 0.1) is 0 Å². The summed E-state index contributed by atoms with van der Waals surface area (Å²) in [4.78, 5) is 13.4. The molecule has 0 aliphatic carbocycles. The molecule has 3 rings (SSSR count). The lowest BCUT2D eigenvalue weighted by atomic mass is 10.1. The van der Waals surface area contributed by atoms with Crippen LogP contribution in [0.3, 0.4) is 0 Å². The Morgan fingerprint density at radius 2 is 2.00 bits per heavy atom. The Hall–Kier alpha value is -2.23. The van der Waals surface area contributed by atoms with Crippen molar-refractivity contribution in [1.29, 1.82) is 0 Å². The van der Waals surface area contributed by atoms with E-state index in [1.807, 2.05) is 36.4 Å². The van der Waals surface area contributed by atoms with Gasteiger partial charge in [0.15, 0.2) is 0 Å². The molecule has 2 heterocycles. The first-order valence-electron chi connectivity index (χ1n) is 5.98. The first-order valence-corrected chi connectivity index (χ1v) is 5.98. The molecule has 4 nitrogen and oxygen atoms in total. The molecule has 1 aromatic heterocycles. The second-order valence-corrected chi connectivity index (χ2v) is 4.30. The van der Waals surface area contributed by atoms with Crippen molar-refractivity contribution in [1.82, 2.24) is 5.32 Å². The number of benzene rings is 1. The number of nitrogens with zero attached hydrogens (tertiary/aromatic N) is 1. The summed E-state index contributed by atoms with van der Waals surface area (Å²) in [7, 11) is 0. The van der Waals surface area contributed by atoms with E-state index in [9.17, 15) is 4.79 Å². The molecular weight excluding hydrogens is 228 g/mol. The van der Waals surface area contributed by atoms with Gasteiger partial charge in [0, 0.05) is 24.3 Å². The van der Waals surface area contributed by atoms with Crippen molar-refractivity contribution in [3.8, 4) is 11.3 Å². The predicted octanol–water partition coefficient (Wildman–Crippen LogP) is 1.88. The van der Waals surface area contributed by atoms with Crippen LogP contribution in [-0.2, 0) is 4.79 Å². The van der Waals surface area contributed by atoms with E-state index in [4.69, 9.17) is 4.42 Å². The van der Waals surface area contributed by atoms with Gasteiger partial charge in [-0.25, -0.2) is 0 Å². The first kappa shape index (κ1) is 10.9. The van der Waals surface area contributed by atoms with Crippen molar-refractivity contribution in [2.75, 3.05) is 24.5 Å². The zero-order valence-corrected chi connectivity index (χ0v) is 9.93. The lowest BCUT2D eigenvalue weighted by Gasteiger charge is -2.28. The highest BCUT2D eigenvalue weighted by Gasteiger charge is 2.16. The third-order valence-electron chi connectivity index (χ3n) is 3.08. The van der Waals surface area contributed by atoms with Crippen molar-refractivity contribution >= 4 is 11.6 Å². The van der Waals surface area contributed by atoms with E-state index in [0.29, 0.717) is 13.1 Å². The standard InChI is InChI=1S/C14H14N2O2/c17-14-10-16(8-7-15-14)12-5-3-11(4-6-12)13-2-1-9-18-13/h1-6,9H,7-8,10H2,(H,15,17). The van der Waals surface area contributed by atoms with E-state index >= 15 is 0 Å². The summed E-state index contributed by atoms with van der Waals surface area (Å²) < 4.78 is 5.34. The van der Waals surface area contributed by atoms with Gasteiger partial charge in [0.25, 0.3) is 0 Å². The fourth-order valence-electron chi connectivity index (χ4n) is 2.14. The van der Waals surface area contributed by atoms with Gasteiger partial charge in [0.05, 0.1) is 12.8 Å². The Bertz CT molecular complexity index is 531. The number of piperazine rings is 1. The van der Waals surface area contributed by atoms with Crippen LogP contribution in [-0.4, -0.2) is 25.5 Å². The molecule has 0 atom stereocenters. The molecule has 1 aromatic carbocycles. The van der Waals surface area contributed by atoms with Crippen molar-refractivity contribution in [2.24, 2.45) is 0 Å². The minimum absolute atomic E-state index is 0.0800. The molecule has 1 amide bonds. The summed E-state index contributed by atoms with van der Waals surface area (Å²) >= 11 is 0. The monoisotopic (exact) mass is 242 g/mol. The number of amides is 1. The molecule has 0 saturated carbocycles. The molecule has 0 spiro atoms. The topological polar surface area (TPSA) is 45.5 Å². The number of furan rings is 1. The van der Waals surface area contributed by atoms with Crippen molar-refractivity contribution < 1.29 is 9.21 Å². The number of carbonyl (C=O) groups is 1. The highest BCUT2D eigenvalue weighted by Crippen LogP contribution is 2.23. The zero-order valence-electron chi connectivity index (χ0n) is 9.93. The van der Waals surface area contributed by atoms with Crippen LogP contribution in [0.15, 0.2) is 47.1 Å². The third kappa shape index (κ3) is 2.09. The lowest BCUT2D eigenvalue weighted by Crippen LogP contribution is -2.47. The van der Waals surface area contributed by atoms with Crippen LogP contribution in [0.2, 0.25) is 0 Å². The SMILES string of the molecule is O=C1CN(c2ccc(-c3ccco3)cc2)CCN1. The first-order chi connectivity index (χ1) is 8.83. The second-order valence-electron chi connectivity index (χ2n) is 4.30. The molecule has 1 aliphatic heterocycles. The van der Waals surface area contributed by atoms with Gasteiger partial charge < -0.3 is 14.6 Å². The van der Waals surface area contributed by atoms with Crippen LogP contribution < -0.4 is 10.2 Å². The maximum absolute atomic E-state index is 11.3. The Labute approximate surface area is 105 Å². The van der Waals surface area contributed by atoms with Crippen LogP contribution in [0.4, 0.5) is 5.69 Å². The summed E-state index contributed by atoms with van der Waals surface area (Å²) in [6, 6.07) is 11.9. The van der Waals surface area contributed by atoms with Crippen molar-refractivity contribution in [3.63, 3.8) is 0 Å². The molecule has 1 fully saturated rings. The van der Waals surface area contributed by atoms with E-state index in [1.54, 1.807) is 6.26 Å². The smallest absolute Gasteiger partial charge is 0.239 e. The van der Waals surface area contributed by atoms with Crippen molar-refractivity contribution in [2.45, 2.75) is 0 Å². The van der Waals surface area contributed by atoms with Gasteiger partial charge in [-0.05, 0) is 36.4 Å². The van der Waals surface area contributed by atoms with E-state index in [-0.39, 0.29) is 5.91 Å². The van der Waals surface area contributed by atoms with E-state index < -0.39 is 0 Å². The third-order valence-corrected chi connectivity index (χ3v) is 3.08. The fraction of sp³-hybridized carbons (Fsp3) is 0.214. The summed E-state index contributed by atoms with van der Waals surface area (Å²) in [5.74, 6) is 0.939. The van der Waals surface area contributed by atoms with Gasteiger partial charge in [-0.15, -0.1) is 0 Å². The van der Waals surface area contributed by atoms with Crippen LogP contribution in [0.25, 0.3) is 11.3 Å². The number of hydrogen-bond donors (Lipinski definition) is 1. The Balaban J connectivity index is 1.80. The normalized spacial score (nSPS) is 15.6. The lowest BCUT2D eigenvalue weighted by molar-refractivity contribution is -0.120. The fourth-order valence-corrected chi connectivity index (χ4v) is 2.14. The minimum atomic E-state index is 0.0800. The van der Waals surface area contributed by atoms with Gasteiger partial charge in [-0.3, -0.25) is 4.79 Å². The summed E-state index contributed by atoms with van der Waals surface area (Å²) in [6.45, 7) is 1.99. The van der Waals surface area contributed by atoms with E-state index in [0.717, 1.165) is 23.6 Å². The van der Waals surface area contributed by atoms with Gasteiger partial charge in [0.1, 0.15) is 5.76 Å². The molecule has 1 aliphatic rings. The molecule has 1 saturated heterocycles. The maximum atomic E-state index is 11.3. The molecule has 0 unspecified atom stereocenters. The van der Waals surface area contributed by atoms with E-state index in [1.165, 1.54) is 0 Å². The molecule has 2 aromatic rings. The zero-order chi connectivity index (χ0) is 12.4. The Morgan fingerprint density at radius 1 is 1.17 bits per heavy atom. The number of rotatable bonds is 2. The van der Waals surface area contributed by atoms with E-state index in [2.05, 4.69) is 10.2 Å². The predicted molar refractivity (Wildman–Crippen MR) is 69.4 cm³/mol. The van der Waals surface area contributed by atoms with Crippen LogP contribution in [0.5, 0.6) is 0 Å². The number of hydrogen-bond acceptors (Lipinski definition) is 3. The Morgan fingerprint density at radius 3 is 2.67 bits per heavy atom. The Kier molecular flexibility index (Phi) is 2.76. The summed E-state index contributed by atoms with van der Waals surface area (Å²) in [6.07, 6.45) is 1.66. The van der Waals surface area contributed by atoms with Crippen molar-refractivity contribution in [3.05, 3.63) is 42.7 Å². The molecule has 0 bridgehead atoms. The quantitative estimate of drug-likeness (QED) is 0.874. The molecule has 1 N–H and O–H groups in total. The summed E-state index contributed by atoms with van der Waals surface area (Å²) in [5.41, 5.74) is 2.12. The maximum Gasteiger partial charge on any atom is 0.239 e. The van der Waals surface area contributed by atoms with Crippen LogP contribution in [0.1, 0.15) is 0 Å². The molecule has 18 heavy (non-hydrogen) atoms. The number of nitrogens with one attached hydrogen (secondary N) is 1. The van der Waals surface area contributed by atoms with Gasteiger partial charge in [-0.1, -0.05) is 0 Å². The average molecular weight is 242 g/mol. The van der Waals surface area contributed by atoms with Gasteiger partial charge >= 0.3 is 0 Å². The highest BCUT2D eigenvalue weighted by atomic mass is 16.3. The van der Waals surface area contributed by atoms with Gasteiger partial charge in [-0.2, -0.15) is 0 Å². The average Bonchev–Trinajstić information content (AvgIpc) is 2.93. The number of carbonyl (C=O) groups excluding carboxylic acids is 1. The molecule has 0 radical (unpaired) electrons. The largest absolute Gasteiger partial charge is 0.464 e. The summed E-state index contributed by atoms with van der Waals surface area (Å²) in [5, 5.41) is 2.82. The van der Waals surface area contributed by atoms with Gasteiger partial charge in [0.2, 0.25) is 5.91 Å². The van der Waals surface area contributed by atoms with Crippen LogP contribution >= 0.6 is 0 Å². The number of anilines is 1. The minimum Gasteiger partial charge on any atom is -0.464 e. The molecule has 92 valence electrons. The molecular formula is C14H14N2O2. The second kappa shape index (κ2) is 4.56. The molecule has 4 heteroatoms. The highest BCUT2D eigenvalue weighted by molar-refractivity contribution is 5.82.